The molecule has 0 radical (unpaired) electrons. The molecule has 0 aliphatic heterocycles. The van der Waals surface area contributed by atoms with Crippen LogP contribution in [0.5, 0.6) is 0 Å². The summed E-state index contributed by atoms with van der Waals surface area (Å²) in [5, 5.41) is 0. The Morgan fingerprint density at radius 1 is 0.650 bits per heavy atom. The monoisotopic (exact) mass is 282 g/mol. The van der Waals surface area contributed by atoms with Crippen LogP contribution in [0, 0.1) is 17.8 Å². The lowest BCUT2D eigenvalue weighted by Crippen LogP contribution is -2.15. The molecule has 0 saturated heterocycles. The van der Waals surface area contributed by atoms with Gasteiger partial charge < -0.3 is 0 Å². The van der Waals surface area contributed by atoms with Crippen molar-refractivity contribution in [2.45, 2.75) is 112 Å². The maximum absolute atomic E-state index is 2.50. The van der Waals surface area contributed by atoms with E-state index in [-0.39, 0.29) is 0 Å². The van der Waals surface area contributed by atoms with Gasteiger partial charge in [-0.1, -0.05) is 105 Å². The van der Waals surface area contributed by atoms with Crippen molar-refractivity contribution in [1.29, 1.82) is 0 Å². The summed E-state index contributed by atoms with van der Waals surface area (Å²) >= 11 is 0. The van der Waals surface area contributed by atoms with Gasteiger partial charge in [0.25, 0.3) is 0 Å². The first-order valence-corrected chi connectivity index (χ1v) is 9.65. The molecule has 0 N–H and O–H groups in total. The van der Waals surface area contributed by atoms with Crippen LogP contribution in [0.4, 0.5) is 0 Å². The Kier molecular flexibility index (Phi) is 14.0. The third-order valence-corrected chi connectivity index (χ3v) is 5.13. The molecule has 0 spiro atoms. The van der Waals surface area contributed by atoms with Crippen LogP contribution in [0.15, 0.2) is 0 Å². The molecule has 122 valence electrons. The van der Waals surface area contributed by atoms with E-state index < -0.39 is 0 Å². The molecule has 0 aromatic rings. The third kappa shape index (κ3) is 10.7. The number of hydrogen-bond acceptors (Lipinski definition) is 0. The minimum absolute atomic E-state index is 0.920. The maximum atomic E-state index is 2.50. The van der Waals surface area contributed by atoms with E-state index in [0.717, 1.165) is 17.8 Å². The van der Waals surface area contributed by atoms with Crippen LogP contribution in [0.2, 0.25) is 0 Å². The minimum Gasteiger partial charge on any atom is -0.0654 e. The summed E-state index contributed by atoms with van der Waals surface area (Å²) in [6, 6.07) is 0. The van der Waals surface area contributed by atoms with Crippen LogP contribution in [0.25, 0.3) is 0 Å². The molecule has 0 rings (SSSR count). The zero-order valence-corrected chi connectivity index (χ0v) is 15.2. The Morgan fingerprint density at radius 3 is 1.80 bits per heavy atom. The van der Waals surface area contributed by atoms with Gasteiger partial charge >= 0.3 is 0 Å². The Balaban J connectivity index is 3.85. The molecule has 0 heteroatoms. The lowest BCUT2D eigenvalue weighted by atomic mass is 9.80. The van der Waals surface area contributed by atoms with Gasteiger partial charge in [0.2, 0.25) is 0 Å². The standard InChI is InChI=1S/C20H42/c1-6-9-10-11-12-13-14-16-20(17-18(4)8-3)19(5)15-7-2/h18-20H,6-17H2,1-5H3. The third-order valence-electron chi connectivity index (χ3n) is 5.13. The molecule has 3 unspecified atom stereocenters. The van der Waals surface area contributed by atoms with Gasteiger partial charge in [0, 0.05) is 0 Å². The molecule has 0 amide bonds. The van der Waals surface area contributed by atoms with Gasteiger partial charge in [0.05, 0.1) is 0 Å². The van der Waals surface area contributed by atoms with Crippen molar-refractivity contribution in [1.82, 2.24) is 0 Å². The number of hydrogen-bond donors (Lipinski definition) is 0. The maximum Gasteiger partial charge on any atom is -0.0386 e. The normalized spacial score (nSPS) is 16.1. The second-order valence-electron chi connectivity index (χ2n) is 7.19. The summed E-state index contributed by atoms with van der Waals surface area (Å²) in [6.07, 6.45) is 17.2. The topological polar surface area (TPSA) is 0 Å². The van der Waals surface area contributed by atoms with Crippen molar-refractivity contribution < 1.29 is 0 Å². The van der Waals surface area contributed by atoms with Gasteiger partial charge in [0.15, 0.2) is 0 Å². The van der Waals surface area contributed by atoms with Gasteiger partial charge in [-0.2, -0.15) is 0 Å². The lowest BCUT2D eigenvalue weighted by molar-refractivity contribution is 0.251. The quantitative estimate of drug-likeness (QED) is 0.287. The molecule has 0 nitrogen and oxygen atoms in total. The van der Waals surface area contributed by atoms with E-state index in [4.69, 9.17) is 0 Å². The average molecular weight is 283 g/mol. The van der Waals surface area contributed by atoms with Crippen LogP contribution in [0.3, 0.4) is 0 Å². The van der Waals surface area contributed by atoms with Crippen LogP contribution >= 0.6 is 0 Å². The van der Waals surface area contributed by atoms with E-state index in [0.29, 0.717) is 0 Å². The fourth-order valence-corrected chi connectivity index (χ4v) is 3.37. The summed E-state index contributed by atoms with van der Waals surface area (Å²) in [6.45, 7) is 11.9. The molecule has 0 aliphatic carbocycles. The lowest BCUT2D eigenvalue weighted by Gasteiger charge is -2.26. The fraction of sp³-hybridized carbons (Fsp3) is 1.00. The molecule has 0 heterocycles. The van der Waals surface area contributed by atoms with Crippen molar-refractivity contribution >= 4 is 0 Å². The summed E-state index contributed by atoms with van der Waals surface area (Å²) in [5.74, 6) is 2.85. The summed E-state index contributed by atoms with van der Waals surface area (Å²) < 4.78 is 0. The Morgan fingerprint density at radius 2 is 1.25 bits per heavy atom. The van der Waals surface area contributed by atoms with Gasteiger partial charge in [-0.25, -0.2) is 0 Å². The zero-order chi connectivity index (χ0) is 15.2. The van der Waals surface area contributed by atoms with Gasteiger partial charge in [-0.3, -0.25) is 0 Å². The highest BCUT2D eigenvalue weighted by molar-refractivity contribution is 4.69. The van der Waals surface area contributed by atoms with Gasteiger partial charge in [-0.05, 0) is 24.2 Å². The summed E-state index contributed by atoms with van der Waals surface area (Å²) in [7, 11) is 0. The van der Waals surface area contributed by atoms with E-state index in [1.165, 1.54) is 77.0 Å². The Hall–Kier alpha value is 0. The van der Waals surface area contributed by atoms with Crippen LogP contribution in [-0.2, 0) is 0 Å². The first-order chi connectivity index (χ1) is 9.65. The van der Waals surface area contributed by atoms with Crippen molar-refractivity contribution in [3.63, 3.8) is 0 Å². The zero-order valence-electron chi connectivity index (χ0n) is 15.2. The van der Waals surface area contributed by atoms with Crippen molar-refractivity contribution in [2.75, 3.05) is 0 Å². The van der Waals surface area contributed by atoms with Gasteiger partial charge in [0.1, 0.15) is 0 Å². The molecule has 0 fully saturated rings. The van der Waals surface area contributed by atoms with Crippen LogP contribution < -0.4 is 0 Å². The van der Waals surface area contributed by atoms with Crippen molar-refractivity contribution in [3.8, 4) is 0 Å². The molecular weight excluding hydrogens is 240 g/mol. The fourth-order valence-electron chi connectivity index (χ4n) is 3.37. The first-order valence-electron chi connectivity index (χ1n) is 9.65. The van der Waals surface area contributed by atoms with E-state index in [1.54, 1.807) is 0 Å². The number of rotatable bonds is 14. The van der Waals surface area contributed by atoms with E-state index in [1.807, 2.05) is 0 Å². The summed E-state index contributed by atoms with van der Waals surface area (Å²) in [5.41, 5.74) is 0. The second-order valence-corrected chi connectivity index (χ2v) is 7.19. The van der Waals surface area contributed by atoms with Crippen molar-refractivity contribution in [3.05, 3.63) is 0 Å². The Labute approximate surface area is 130 Å². The second kappa shape index (κ2) is 14.0. The molecule has 0 bridgehead atoms. The molecule has 0 saturated carbocycles. The van der Waals surface area contributed by atoms with E-state index in [2.05, 4.69) is 34.6 Å². The predicted molar refractivity (Wildman–Crippen MR) is 94.2 cm³/mol. The highest BCUT2D eigenvalue weighted by Crippen LogP contribution is 2.30. The predicted octanol–water partition coefficient (Wildman–Crippen LogP) is 7.62. The molecular formula is C20H42. The minimum atomic E-state index is 0.920. The highest BCUT2D eigenvalue weighted by Gasteiger charge is 2.18. The molecule has 0 aromatic heterocycles. The Bertz CT molecular complexity index is 184. The largest absolute Gasteiger partial charge is 0.0654 e. The molecule has 0 aliphatic rings. The molecule has 3 atom stereocenters. The van der Waals surface area contributed by atoms with Crippen molar-refractivity contribution in [2.24, 2.45) is 17.8 Å². The highest BCUT2D eigenvalue weighted by atomic mass is 14.2. The summed E-state index contributed by atoms with van der Waals surface area (Å²) in [4.78, 5) is 0. The average Bonchev–Trinajstić information content (AvgIpc) is 2.45. The van der Waals surface area contributed by atoms with Crippen LogP contribution in [0.1, 0.15) is 112 Å². The van der Waals surface area contributed by atoms with Gasteiger partial charge in [-0.15, -0.1) is 0 Å². The molecule has 20 heavy (non-hydrogen) atoms. The first kappa shape index (κ1) is 20.0. The smallest absolute Gasteiger partial charge is 0.0386 e. The van der Waals surface area contributed by atoms with E-state index in [9.17, 15) is 0 Å². The van der Waals surface area contributed by atoms with Crippen LogP contribution in [-0.4, -0.2) is 0 Å². The SMILES string of the molecule is CCCCCCCCCC(CC(C)CC)C(C)CCC. The van der Waals surface area contributed by atoms with E-state index >= 15 is 0 Å². The molecule has 0 aromatic carbocycles. The number of unbranched alkanes of at least 4 members (excludes halogenated alkanes) is 6.